The van der Waals surface area contributed by atoms with E-state index >= 15 is 0 Å². The number of nitrogens with one attached hydrogen (secondary N) is 1. The van der Waals surface area contributed by atoms with Gasteiger partial charge in [0.15, 0.2) is 0 Å². The third-order valence-electron chi connectivity index (χ3n) is 2.92. The summed E-state index contributed by atoms with van der Waals surface area (Å²) in [6, 6.07) is 5.09. The molecular weight excluding hydrogens is 184 g/mol. The van der Waals surface area contributed by atoms with Crippen molar-refractivity contribution in [2.45, 2.75) is 38.3 Å². The lowest BCUT2D eigenvalue weighted by atomic mass is 10.0. The number of pyridine rings is 1. The average molecular weight is 202 g/mol. The maximum Gasteiger partial charge on any atom is 0.0298 e. The number of aromatic nitrogens is 1. The van der Waals surface area contributed by atoms with Crippen molar-refractivity contribution in [2.24, 2.45) is 0 Å². The SMILES string of the molecule is CC(NC1C=CCCC1)c1ccncc1. The van der Waals surface area contributed by atoms with E-state index in [0.29, 0.717) is 12.1 Å². The molecule has 2 nitrogen and oxygen atoms in total. The number of allylic oxidation sites excluding steroid dienone is 1. The molecule has 1 aliphatic rings. The molecule has 0 aliphatic heterocycles. The fourth-order valence-electron chi connectivity index (χ4n) is 2.02. The van der Waals surface area contributed by atoms with Crippen LogP contribution in [0.5, 0.6) is 0 Å². The van der Waals surface area contributed by atoms with Crippen molar-refractivity contribution in [3.8, 4) is 0 Å². The summed E-state index contributed by atoms with van der Waals surface area (Å²) in [6.07, 6.45) is 12.1. The Bertz CT molecular complexity index is 319. The highest BCUT2D eigenvalue weighted by Crippen LogP contribution is 2.16. The van der Waals surface area contributed by atoms with Gasteiger partial charge in [0.05, 0.1) is 0 Å². The second kappa shape index (κ2) is 5.08. The van der Waals surface area contributed by atoms with Crippen LogP contribution in [0, 0.1) is 0 Å². The quantitative estimate of drug-likeness (QED) is 0.762. The first-order chi connectivity index (χ1) is 7.36. The topological polar surface area (TPSA) is 24.9 Å². The van der Waals surface area contributed by atoms with E-state index in [-0.39, 0.29) is 0 Å². The van der Waals surface area contributed by atoms with E-state index in [0.717, 1.165) is 0 Å². The van der Waals surface area contributed by atoms with Crippen LogP contribution in [-0.2, 0) is 0 Å². The molecule has 0 spiro atoms. The van der Waals surface area contributed by atoms with Gasteiger partial charge in [-0.2, -0.15) is 0 Å². The molecule has 0 aromatic carbocycles. The molecule has 1 N–H and O–H groups in total. The maximum absolute atomic E-state index is 4.03. The van der Waals surface area contributed by atoms with Crippen molar-refractivity contribution >= 4 is 0 Å². The molecule has 1 heterocycles. The Labute approximate surface area is 91.4 Å². The molecule has 1 aromatic heterocycles. The van der Waals surface area contributed by atoms with E-state index in [1.54, 1.807) is 0 Å². The first kappa shape index (κ1) is 10.4. The van der Waals surface area contributed by atoms with Crippen LogP contribution in [0.1, 0.15) is 37.8 Å². The van der Waals surface area contributed by atoms with E-state index in [4.69, 9.17) is 0 Å². The van der Waals surface area contributed by atoms with Crippen LogP contribution in [0.4, 0.5) is 0 Å². The third-order valence-corrected chi connectivity index (χ3v) is 2.92. The Balaban J connectivity index is 1.94. The van der Waals surface area contributed by atoms with Gasteiger partial charge >= 0.3 is 0 Å². The summed E-state index contributed by atoms with van der Waals surface area (Å²) >= 11 is 0. The minimum atomic E-state index is 0.403. The minimum Gasteiger partial charge on any atom is -0.304 e. The molecule has 1 aromatic rings. The molecule has 2 atom stereocenters. The van der Waals surface area contributed by atoms with Crippen LogP contribution < -0.4 is 5.32 Å². The van der Waals surface area contributed by atoms with Crippen molar-refractivity contribution in [3.05, 3.63) is 42.2 Å². The Hall–Kier alpha value is -1.15. The molecular formula is C13H18N2. The van der Waals surface area contributed by atoms with Gasteiger partial charge in [-0.05, 0) is 43.9 Å². The maximum atomic E-state index is 4.03. The van der Waals surface area contributed by atoms with Gasteiger partial charge < -0.3 is 5.32 Å². The summed E-state index contributed by atoms with van der Waals surface area (Å²) in [5.74, 6) is 0. The van der Waals surface area contributed by atoms with Crippen LogP contribution in [-0.4, -0.2) is 11.0 Å². The summed E-state index contributed by atoms with van der Waals surface area (Å²) in [6.45, 7) is 2.21. The Morgan fingerprint density at radius 2 is 2.20 bits per heavy atom. The lowest BCUT2D eigenvalue weighted by molar-refractivity contribution is 0.467. The Kier molecular flexibility index (Phi) is 3.51. The van der Waals surface area contributed by atoms with Crippen molar-refractivity contribution < 1.29 is 0 Å². The number of rotatable bonds is 3. The van der Waals surface area contributed by atoms with Crippen molar-refractivity contribution in [2.75, 3.05) is 0 Å². The van der Waals surface area contributed by atoms with Gasteiger partial charge in [0.25, 0.3) is 0 Å². The van der Waals surface area contributed by atoms with Gasteiger partial charge in [0, 0.05) is 24.5 Å². The molecule has 0 fully saturated rings. The fourth-order valence-corrected chi connectivity index (χ4v) is 2.02. The number of hydrogen-bond acceptors (Lipinski definition) is 2. The zero-order valence-electron chi connectivity index (χ0n) is 9.19. The van der Waals surface area contributed by atoms with Crippen LogP contribution in [0.2, 0.25) is 0 Å². The largest absolute Gasteiger partial charge is 0.304 e. The molecule has 0 saturated carbocycles. The van der Waals surface area contributed by atoms with E-state index in [9.17, 15) is 0 Å². The summed E-state index contributed by atoms with van der Waals surface area (Å²) in [5.41, 5.74) is 1.31. The number of hydrogen-bond donors (Lipinski definition) is 1. The first-order valence-electron chi connectivity index (χ1n) is 5.69. The van der Waals surface area contributed by atoms with Gasteiger partial charge in [0.1, 0.15) is 0 Å². The standard InChI is InChI=1S/C13H18N2/c1-11(12-7-9-14-10-8-12)15-13-5-3-2-4-6-13/h3,5,7-11,13,15H,2,4,6H2,1H3. The monoisotopic (exact) mass is 202 g/mol. The zero-order valence-corrected chi connectivity index (χ0v) is 9.19. The van der Waals surface area contributed by atoms with Crippen molar-refractivity contribution in [1.29, 1.82) is 0 Å². The highest BCUT2D eigenvalue weighted by molar-refractivity contribution is 5.15. The Morgan fingerprint density at radius 3 is 2.87 bits per heavy atom. The summed E-state index contributed by atoms with van der Waals surface area (Å²) in [5, 5.41) is 3.62. The summed E-state index contributed by atoms with van der Waals surface area (Å²) in [7, 11) is 0. The molecule has 2 unspecified atom stereocenters. The van der Waals surface area contributed by atoms with E-state index in [2.05, 4.69) is 41.5 Å². The second-order valence-electron chi connectivity index (χ2n) is 4.13. The van der Waals surface area contributed by atoms with Crippen molar-refractivity contribution in [3.63, 3.8) is 0 Å². The van der Waals surface area contributed by atoms with Gasteiger partial charge in [-0.15, -0.1) is 0 Å². The van der Waals surface area contributed by atoms with Gasteiger partial charge in [-0.25, -0.2) is 0 Å². The molecule has 2 rings (SSSR count). The average Bonchev–Trinajstić information content (AvgIpc) is 2.31. The summed E-state index contributed by atoms with van der Waals surface area (Å²) in [4.78, 5) is 4.03. The predicted molar refractivity (Wildman–Crippen MR) is 62.6 cm³/mol. The molecule has 0 amide bonds. The molecule has 0 radical (unpaired) electrons. The molecule has 2 heteroatoms. The van der Waals surface area contributed by atoms with E-state index < -0.39 is 0 Å². The molecule has 1 aliphatic carbocycles. The highest BCUT2D eigenvalue weighted by atomic mass is 14.9. The molecule has 15 heavy (non-hydrogen) atoms. The van der Waals surface area contributed by atoms with Crippen LogP contribution in [0.15, 0.2) is 36.7 Å². The smallest absolute Gasteiger partial charge is 0.0298 e. The third kappa shape index (κ3) is 2.90. The fraction of sp³-hybridized carbons (Fsp3) is 0.462. The van der Waals surface area contributed by atoms with Gasteiger partial charge in [0.2, 0.25) is 0 Å². The lowest BCUT2D eigenvalue weighted by Crippen LogP contribution is -2.30. The Morgan fingerprint density at radius 1 is 1.40 bits per heavy atom. The predicted octanol–water partition coefficient (Wildman–Crippen LogP) is 2.84. The van der Waals surface area contributed by atoms with Gasteiger partial charge in [-0.3, -0.25) is 4.98 Å². The van der Waals surface area contributed by atoms with E-state index in [1.165, 1.54) is 24.8 Å². The van der Waals surface area contributed by atoms with Crippen molar-refractivity contribution in [1.82, 2.24) is 10.3 Å². The van der Waals surface area contributed by atoms with E-state index in [1.807, 2.05) is 12.4 Å². The lowest BCUT2D eigenvalue weighted by Gasteiger charge is -2.23. The molecule has 0 bridgehead atoms. The molecule has 80 valence electrons. The molecule has 0 saturated heterocycles. The van der Waals surface area contributed by atoms with Crippen LogP contribution >= 0.6 is 0 Å². The normalized spacial score (nSPS) is 22.6. The second-order valence-corrected chi connectivity index (χ2v) is 4.13. The highest BCUT2D eigenvalue weighted by Gasteiger charge is 2.12. The van der Waals surface area contributed by atoms with Gasteiger partial charge in [-0.1, -0.05) is 12.2 Å². The van der Waals surface area contributed by atoms with Crippen LogP contribution in [0.3, 0.4) is 0 Å². The minimum absolute atomic E-state index is 0.403. The number of nitrogens with zero attached hydrogens (tertiary/aromatic N) is 1. The first-order valence-corrected chi connectivity index (χ1v) is 5.69. The zero-order chi connectivity index (χ0) is 10.5. The van der Waals surface area contributed by atoms with Crippen LogP contribution in [0.25, 0.3) is 0 Å². The summed E-state index contributed by atoms with van der Waals surface area (Å²) < 4.78 is 0.